The van der Waals surface area contributed by atoms with Crippen LogP contribution < -0.4 is 10.1 Å². The van der Waals surface area contributed by atoms with Gasteiger partial charge in [-0.15, -0.1) is 0 Å². The van der Waals surface area contributed by atoms with Crippen LogP contribution in [0.1, 0.15) is 25.3 Å². The van der Waals surface area contributed by atoms with Gasteiger partial charge in [-0.25, -0.2) is 0 Å². The van der Waals surface area contributed by atoms with Gasteiger partial charge in [0.15, 0.2) is 0 Å². The second kappa shape index (κ2) is 5.54. The zero-order valence-corrected chi connectivity index (χ0v) is 11.0. The monoisotopic (exact) mass is 242 g/mol. The fourth-order valence-corrected chi connectivity index (χ4v) is 1.67. The summed E-state index contributed by atoms with van der Waals surface area (Å²) in [4.78, 5) is 4.33. The van der Waals surface area contributed by atoms with Crippen LogP contribution in [0, 0.1) is 0 Å². The predicted octanol–water partition coefficient (Wildman–Crippen LogP) is 4.04. The third kappa shape index (κ3) is 3.00. The van der Waals surface area contributed by atoms with E-state index in [-0.39, 0.29) is 0 Å². The molecule has 0 fully saturated rings. The van der Waals surface area contributed by atoms with Crippen molar-refractivity contribution in [2.24, 2.45) is 0 Å². The topological polar surface area (TPSA) is 34.1 Å². The standard InChI is InChI=1S/C15H18N2O/c1-11(2)12-6-4-7-13(10-12)18-15-9-5-8-14(16-3)17-15/h4-11H,1-3H3,(H,16,17). The van der Waals surface area contributed by atoms with Gasteiger partial charge in [-0.05, 0) is 29.7 Å². The Morgan fingerprint density at radius 3 is 2.61 bits per heavy atom. The van der Waals surface area contributed by atoms with Gasteiger partial charge in [-0.1, -0.05) is 32.0 Å². The molecule has 1 heterocycles. The van der Waals surface area contributed by atoms with Gasteiger partial charge in [0, 0.05) is 13.1 Å². The maximum Gasteiger partial charge on any atom is 0.221 e. The molecule has 2 aromatic rings. The minimum Gasteiger partial charge on any atom is -0.439 e. The molecule has 0 aliphatic heterocycles. The van der Waals surface area contributed by atoms with Crippen molar-refractivity contribution in [3.05, 3.63) is 48.0 Å². The lowest BCUT2D eigenvalue weighted by Crippen LogP contribution is -1.95. The Hall–Kier alpha value is -2.03. The summed E-state index contributed by atoms with van der Waals surface area (Å²) in [5.74, 6) is 2.71. The summed E-state index contributed by atoms with van der Waals surface area (Å²) in [6, 6.07) is 13.8. The first-order valence-corrected chi connectivity index (χ1v) is 6.11. The lowest BCUT2D eigenvalue weighted by Gasteiger charge is -2.09. The molecule has 1 N–H and O–H groups in total. The molecule has 3 nitrogen and oxygen atoms in total. The number of ether oxygens (including phenoxy) is 1. The Kier molecular flexibility index (Phi) is 3.82. The highest BCUT2D eigenvalue weighted by Gasteiger charge is 2.03. The van der Waals surface area contributed by atoms with Crippen molar-refractivity contribution in [1.82, 2.24) is 4.98 Å². The first kappa shape index (κ1) is 12.4. The summed E-state index contributed by atoms with van der Waals surface area (Å²) in [5.41, 5.74) is 1.26. The highest BCUT2D eigenvalue weighted by Crippen LogP contribution is 2.24. The minimum atomic E-state index is 0.491. The predicted molar refractivity (Wildman–Crippen MR) is 74.4 cm³/mol. The number of hydrogen-bond donors (Lipinski definition) is 1. The van der Waals surface area contributed by atoms with Crippen LogP contribution in [0.15, 0.2) is 42.5 Å². The Morgan fingerprint density at radius 2 is 1.89 bits per heavy atom. The molecule has 0 unspecified atom stereocenters. The molecule has 0 aliphatic rings. The number of hydrogen-bond acceptors (Lipinski definition) is 3. The Labute approximate surface area is 108 Å². The van der Waals surface area contributed by atoms with Gasteiger partial charge in [-0.2, -0.15) is 4.98 Å². The lowest BCUT2D eigenvalue weighted by atomic mass is 10.0. The van der Waals surface area contributed by atoms with E-state index in [4.69, 9.17) is 4.74 Å². The van der Waals surface area contributed by atoms with Crippen LogP contribution in [-0.2, 0) is 0 Å². The van der Waals surface area contributed by atoms with E-state index in [0.29, 0.717) is 11.8 Å². The van der Waals surface area contributed by atoms with Gasteiger partial charge in [0.1, 0.15) is 11.6 Å². The fourth-order valence-electron chi connectivity index (χ4n) is 1.67. The number of aromatic nitrogens is 1. The Bertz CT molecular complexity index is 523. The van der Waals surface area contributed by atoms with Crippen molar-refractivity contribution < 1.29 is 4.74 Å². The van der Waals surface area contributed by atoms with Gasteiger partial charge in [0.2, 0.25) is 5.88 Å². The van der Waals surface area contributed by atoms with E-state index in [2.05, 4.69) is 36.3 Å². The van der Waals surface area contributed by atoms with Gasteiger partial charge < -0.3 is 10.1 Å². The van der Waals surface area contributed by atoms with Crippen LogP contribution in [0.3, 0.4) is 0 Å². The van der Waals surface area contributed by atoms with E-state index in [0.717, 1.165) is 11.6 Å². The molecule has 1 aromatic carbocycles. The summed E-state index contributed by atoms with van der Waals surface area (Å²) >= 11 is 0. The second-order valence-electron chi connectivity index (χ2n) is 4.44. The number of anilines is 1. The van der Waals surface area contributed by atoms with Gasteiger partial charge in [0.25, 0.3) is 0 Å². The van der Waals surface area contributed by atoms with E-state index in [1.165, 1.54) is 5.56 Å². The SMILES string of the molecule is CNc1cccc(Oc2cccc(C(C)C)c2)n1. The van der Waals surface area contributed by atoms with Crippen molar-refractivity contribution in [2.75, 3.05) is 12.4 Å². The van der Waals surface area contributed by atoms with E-state index in [9.17, 15) is 0 Å². The summed E-state index contributed by atoms with van der Waals surface area (Å²) in [6.45, 7) is 4.33. The summed E-state index contributed by atoms with van der Waals surface area (Å²) in [7, 11) is 1.84. The first-order chi connectivity index (χ1) is 8.69. The maximum atomic E-state index is 5.76. The van der Waals surface area contributed by atoms with Crippen molar-refractivity contribution in [3.8, 4) is 11.6 Å². The molecule has 0 radical (unpaired) electrons. The maximum absolute atomic E-state index is 5.76. The first-order valence-electron chi connectivity index (χ1n) is 6.11. The molecule has 3 heteroatoms. The second-order valence-corrected chi connectivity index (χ2v) is 4.44. The van der Waals surface area contributed by atoms with Crippen LogP contribution in [0.5, 0.6) is 11.6 Å². The molecule has 0 saturated carbocycles. The number of benzene rings is 1. The smallest absolute Gasteiger partial charge is 0.221 e. The molecule has 0 saturated heterocycles. The number of rotatable bonds is 4. The quantitative estimate of drug-likeness (QED) is 0.878. The van der Waals surface area contributed by atoms with Crippen molar-refractivity contribution >= 4 is 5.82 Å². The van der Waals surface area contributed by atoms with Crippen LogP contribution in [0.2, 0.25) is 0 Å². The lowest BCUT2D eigenvalue weighted by molar-refractivity contribution is 0.463. The minimum absolute atomic E-state index is 0.491. The molecule has 94 valence electrons. The third-order valence-corrected chi connectivity index (χ3v) is 2.73. The highest BCUT2D eigenvalue weighted by atomic mass is 16.5. The molecule has 0 amide bonds. The zero-order valence-electron chi connectivity index (χ0n) is 11.0. The van der Waals surface area contributed by atoms with Crippen molar-refractivity contribution in [1.29, 1.82) is 0 Å². The van der Waals surface area contributed by atoms with E-state index >= 15 is 0 Å². The average molecular weight is 242 g/mol. The van der Waals surface area contributed by atoms with E-state index in [1.807, 2.05) is 37.4 Å². The van der Waals surface area contributed by atoms with E-state index < -0.39 is 0 Å². The number of nitrogens with zero attached hydrogens (tertiary/aromatic N) is 1. The van der Waals surface area contributed by atoms with Gasteiger partial charge in [0.05, 0.1) is 0 Å². The molecule has 1 aromatic heterocycles. The van der Waals surface area contributed by atoms with E-state index in [1.54, 1.807) is 0 Å². The Balaban J connectivity index is 2.20. The molecular formula is C15H18N2O. The Morgan fingerprint density at radius 1 is 1.11 bits per heavy atom. The highest BCUT2D eigenvalue weighted by molar-refractivity contribution is 5.38. The molecular weight excluding hydrogens is 224 g/mol. The van der Waals surface area contributed by atoms with Gasteiger partial charge in [-0.3, -0.25) is 0 Å². The fraction of sp³-hybridized carbons (Fsp3) is 0.267. The molecule has 0 atom stereocenters. The van der Waals surface area contributed by atoms with Crippen molar-refractivity contribution in [3.63, 3.8) is 0 Å². The molecule has 0 aliphatic carbocycles. The van der Waals surface area contributed by atoms with Gasteiger partial charge >= 0.3 is 0 Å². The normalized spacial score (nSPS) is 10.4. The molecule has 0 spiro atoms. The van der Waals surface area contributed by atoms with Crippen LogP contribution in [0.25, 0.3) is 0 Å². The molecule has 2 rings (SSSR count). The van der Waals surface area contributed by atoms with Crippen LogP contribution in [-0.4, -0.2) is 12.0 Å². The van der Waals surface area contributed by atoms with Crippen LogP contribution in [0.4, 0.5) is 5.82 Å². The average Bonchev–Trinajstić information content (AvgIpc) is 2.39. The van der Waals surface area contributed by atoms with Crippen molar-refractivity contribution in [2.45, 2.75) is 19.8 Å². The summed E-state index contributed by atoms with van der Waals surface area (Å²) in [6.07, 6.45) is 0. The van der Waals surface area contributed by atoms with Crippen LogP contribution >= 0.6 is 0 Å². The third-order valence-electron chi connectivity index (χ3n) is 2.73. The molecule has 18 heavy (non-hydrogen) atoms. The summed E-state index contributed by atoms with van der Waals surface area (Å²) in [5, 5.41) is 2.99. The number of pyridine rings is 1. The number of nitrogens with one attached hydrogen (secondary N) is 1. The largest absolute Gasteiger partial charge is 0.439 e. The molecule has 0 bridgehead atoms. The zero-order chi connectivity index (χ0) is 13.0. The summed E-state index contributed by atoms with van der Waals surface area (Å²) < 4.78 is 5.76.